The van der Waals surface area contributed by atoms with E-state index in [1.165, 1.54) is 0 Å². The zero-order valence-electron chi connectivity index (χ0n) is 11.2. The van der Waals surface area contributed by atoms with Gasteiger partial charge in [0, 0.05) is 10.9 Å². The number of nitrogens with two attached hydrogens (primary N) is 1. The van der Waals surface area contributed by atoms with E-state index in [2.05, 4.69) is 21.2 Å². The Labute approximate surface area is 120 Å². The monoisotopic (exact) mass is 279 g/mol. The number of nitrogens with zero attached hydrogens (tertiary/aromatic N) is 3. The van der Waals surface area contributed by atoms with E-state index in [1.54, 1.807) is 0 Å². The van der Waals surface area contributed by atoms with Gasteiger partial charge in [-0.3, -0.25) is 0 Å². The summed E-state index contributed by atoms with van der Waals surface area (Å²) < 4.78 is 5.30. The zero-order valence-corrected chi connectivity index (χ0v) is 11.2. The van der Waals surface area contributed by atoms with Crippen molar-refractivity contribution in [2.24, 2.45) is 11.7 Å². The second kappa shape index (κ2) is 4.43. The second-order valence-electron chi connectivity index (χ2n) is 5.35. The summed E-state index contributed by atoms with van der Waals surface area (Å²) in [6.45, 7) is 0. The average Bonchev–Trinajstić information content (AvgIpc) is 3.12. The highest BCUT2D eigenvalue weighted by Gasteiger charge is 2.33. The molecule has 1 aliphatic rings. The molecule has 1 fully saturated rings. The number of benzene rings is 1. The van der Waals surface area contributed by atoms with Gasteiger partial charge < -0.3 is 15.2 Å². The van der Waals surface area contributed by atoms with E-state index >= 15 is 0 Å². The molecule has 0 amide bonds. The molecule has 0 spiro atoms. The van der Waals surface area contributed by atoms with Crippen LogP contribution in [0.15, 0.2) is 28.8 Å². The lowest BCUT2D eigenvalue weighted by Gasteiger charge is -2.01. The number of para-hydroxylation sites is 1. The summed E-state index contributed by atoms with van der Waals surface area (Å²) in [5.74, 6) is 1.28. The molecule has 0 saturated heterocycles. The lowest BCUT2D eigenvalue weighted by atomic mass is 10.1. The first-order chi connectivity index (χ1) is 10.3. The van der Waals surface area contributed by atoms with Crippen LogP contribution >= 0.6 is 0 Å². The molecule has 21 heavy (non-hydrogen) atoms. The lowest BCUT2D eigenvalue weighted by Crippen LogP contribution is -2.13. The maximum atomic E-state index is 9.40. The smallest absolute Gasteiger partial charge is 0.275 e. The molecule has 0 aliphatic heterocycles. The molecule has 2 heterocycles. The highest BCUT2D eigenvalue weighted by atomic mass is 16.5. The largest absolute Gasteiger partial charge is 0.349 e. The molecule has 1 aliphatic carbocycles. The highest BCUT2D eigenvalue weighted by Crippen LogP contribution is 2.39. The summed E-state index contributed by atoms with van der Waals surface area (Å²) in [6, 6.07) is 9.62. The number of nitrogens with one attached hydrogen (secondary N) is 1. The Morgan fingerprint density at radius 2 is 2.19 bits per heavy atom. The maximum absolute atomic E-state index is 9.40. The molecule has 1 saturated carbocycles. The highest BCUT2D eigenvalue weighted by molar-refractivity contribution is 5.92. The molecule has 1 atom stereocenters. The van der Waals surface area contributed by atoms with E-state index in [4.69, 9.17) is 10.3 Å². The molecule has 4 rings (SSSR count). The third kappa shape index (κ3) is 1.90. The number of fused-ring (bicyclic) bond motifs is 1. The van der Waals surface area contributed by atoms with Gasteiger partial charge in [-0.05, 0) is 24.8 Å². The first-order valence-corrected chi connectivity index (χ1v) is 6.88. The fraction of sp³-hybridized carbons (Fsp3) is 0.267. The molecular weight excluding hydrogens is 266 g/mol. The van der Waals surface area contributed by atoms with E-state index < -0.39 is 0 Å². The molecule has 3 aromatic rings. The van der Waals surface area contributed by atoms with Gasteiger partial charge in [-0.15, -0.1) is 0 Å². The normalized spacial score (nSPS) is 16.0. The van der Waals surface area contributed by atoms with Gasteiger partial charge in [-0.1, -0.05) is 23.4 Å². The van der Waals surface area contributed by atoms with Gasteiger partial charge in [0.25, 0.3) is 5.89 Å². The van der Waals surface area contributed by atoms with Gasteiger partial charge in [0.15, 0.2) is 5.82 Å². The summed E-state index contributed by atoms with van der Waals surface area (Å²) in [5.41, 5.74) is 8.02. The number of aromatic nitrogens is 3. The minimum atomic E-state index is -0.183. The Hall–Kier alpha value is -2.65. The predicted octanol–water partition coefficient (Wildman–Crippen LogP) is 2.50. The van der Waals surface area contributed by atoms with Crippen LogP contribution in [-0.4, -0.2) is 15.1 Å². The van der Waals surface area contributed by atoms with Crippen molar-refractivity contribution in [3.63, 3.8) is 0 Å². The quantitative estimate of drug-likeness (QED) is 0.766. The molecule has 2 aromatic heterocycles. The molecule has 6 heteroatoms. The standard InChI is InChI=1S/C15H13N5O/c16-7-10-9-3-1-2-4-11(9)18-13(10)15-19-14(20-21-15)12(17)8-5-6-8/h1-4,8,12,18H,5-6,17H2. The minimum Gasteiger partial charge on any atom is -0.349 e. The first-order valence-electron chi connectivity index (χ1n) is 6.88. The number of nitriles is 1. The van der Waals surface area contributed by atoms with E-state index in [0.717, 1.165) is 23.7 Å². The van der Waals surface area contributed by atoms with Crippen LogP contribution in [0.1, 0.15) is 30.3 Å². The Morgan fingerprint density at radius 1 is 1.38 bits per heavy atom. The number of hydrogen-bond acceptors (Lipinski definition) is 5. The van der Waals surface area contributed by atoms with Gasteiger partial charge >= 0.3 is 0 Å². The number of H-pyrrole nitrogens is 1. The summed E-state index contributed by atoms with van der Waals surface area (Å²) in [7, 11) is 0. The SMILES string of the molecule is N#Cc1c(-c2nc(C(N)C3CC3)no2)[nH]c2ccccc12. The lowest BCUT2D eigenvalue weighted by molar-refractivity contribution is 0.410. The van der Waals surface area contributed by atoms with Crippen molar-refractivity contribution in [1.82, 2.24) is 15.1 Å². The Kier molecular flexibility index (Phi) is 2.56. The van der Waals surface area contributed by atoms with Crippen molar-refractivity contribution in [3.8, 4) is 17.7 Å². The molecule has 104 valence electrons. The molecular formula is C15H13N5O. The van der Waals surface area contributed by atoms with Crippen LogP contribution in [-0.2, 0) is 0 Å². The summed E-state index contributed by atoms with van der Waals surface area (Å²) in [5, 5.41) is 14.2. The summed E-state index contributed by atoms with van der Waals surface area (Å²) in [6.07, 6.45) is 2.22. The van der Waals surface area contributed by atoms with Crippen LogP contribution in [0.25, 0.3) is 22.5 Å². The molecule has 6 nitrogen and oxygen atoms in total. The van der Waals surface area contributed by atoms with Crippen LogP contribution in [0.5, 0.6) is 0 Å². The Bertz CT molecular complexity index is 852. The Morgan fingerprint density at radius 3 is 2.95 bits per heavy atom. The second-order valence-corrected chi connectivity index (χ2v) is 5.35. The van der Waals surface area contributed by atoms with Crippen LogP contribution in [0.3, 0.4) is 0 Å². The Balaban J connectivity index is 1.81. The third-order valence-electron chi connectivity index (χ3n) is 3.90. The van der Waals surface area contributed by atoms with Crippen LogP contribution in [0.2, 0.25) is 0 Å². The van der Waals surface area contributed by atoms with Gasteiger partial charge in [-0.2, -0.15) is 10.2 Å². The maximum Gasteiger partial charge on any atom is 0.275 e. The fourth-order valence-electron chi connectivity index (χ4n) is 2.56. The molecule has 3 N–H and O–H groups in total. The zero-order chi connectivity index (χ0) is 14.4. The summed E-state index contributed by atoms with van der Waals surface area (Å²) in [4.78, 5) is 7.53. The van der Waals surface area contributed by atoms with Crippen LogP contribution in [0.4, 0.5) is 0 Å². The van der Waals surface area contributed by atoms with E-state index in [9.17, 15) is 5.26 Å². The predicted molar refractivity (Wildman–Crippen MR) is 76.0 cm³/mol. The van der Waals surface area contributed by atoms with Gasteiger partial charge in [-0.25, -0.2) is 0 Å². The molecule has 1 aromatic carbocycles. The van der Waals surface area contributed by atoms with Crippen molar-refractivity contribution in [2.45, 2.75) is 18.9 Å². The molecule has 1 unspecified atom stereocenters. The van der Waals surface area contributed by atoms with Gasteiger partial charge in [0.1, 0.15) is 11.8 Å². The van der Waals surface area contributed by atoms with Crippen molar-refractivity contribution in [3.05, 3.63) is 35.7 Å². The van der Waals surface area contributed by atoms with E-state index in [-0.39, 0.29) is 6.04 Å². The number of hydrogen-bond donors (Lipinski definition) is 2. The number of rotatable bonds is 3. The van der Waals surface area contributed by atoms with Crippen molar-refractivity contribution in [1.29, 1.82) is 5.26 Å². The van der Waals surface area contributed by atoms with E-state index in [1.807, 2.05) is 24.3 Å². The fourth-order valence-corrected chi connectivity index (χ4v) is 2.56. The van der Waals surface area contributed by atoms with Crippen LogP contribution in [0, 0.1) is 17.2 Å². The van der Waals surface area contributed by atoms with Gasteiger partial charge in [0.05, 0.1) is 11.6 Å². The number of aromatic amines is 1. The van der Waals surface area contributed by atoms with Crippen molar-refractivity contribution >= 4 is 10.9 Å². The first kappa shape index (κ1) is 12.1. The molecule has 0 bridgehead atoms. The third-order valence-corrected chi connectivity index (χ3v) is 3.90. The summed E-state index contributed by atoms with van der Waals surface area (Å²) >= 11 is 0. The van der Waals surface area contributed by atoms with Crippen LogP contribution < -0.4 is 5.73 Å². The van der Waals surface area contributed by atoms with Crippen molar-refractivity contribution in [2.75, 3.05) is 0 Å². The average molecular weight is 279 g/mol. The van der Waals surface area contributed by atoms with E-state index in [0.29, 0.717) is 28.9 Å². The van der Waals surface area contributed by atoms with Crippen molar-refractivity contribution < 1.29 is 4.52 Å². The van der Waals surface area contributed by atoms with Gasteiger partial charge in [0.2, 0.25) is 0 Å². The molecule has 0 radical (unpaired) electrons. The minimum absolute atomic E-state index is 0.183. The topological polar surface area (TPSA) is 105 Å².